The van der Waals surface area contributed by atoms with Crippen molar-refractivity contribution in [3.8, 4) is 0 Å². The molecule has 0 spiro atoms. The van der Waals surface area contributed by atoms with E-state index in [2.05, 4.69) is 0 Å². The minimum absolute atomic E-state index is 0.0215. The molecule has 0 atom stereocenters. The Hall–Kier alpha value is -1.09. The molecule has 1 N–H and O–H groups in total. The quantitative estimate of drug-likeness (QED) is 0.523. The van der Waals surface area contributed by atoms with E-state index in [1.807, 2.05) is 13.0 Å². The standard InChI is InChI=1S/C9H13NO2/c1-2-8-3-4-9(5-6-11)10(12)7-8/h3-4,7,11H,2,5-6H2,1H3. The molecular weight excluding hydrogens is 154 g/mol. The van der Waals surface area contributed by atoms with Crippen LogP contribution in [-0.4, -0.2) is 11.7 Å². The van der Waals surface area contributed by atoms with Crippen LogP contribution in [0.25, 0.3) is 0 Å². The normalized spacial score (nSPS) is 10.2. The summed E-state index contributed by atoms with van der Waals surface area (Å²) in [5.41, 5.74) is 1.64. The lowest BCUT2D eigenvalue weighted by atomic mass is 10.2. The van der Waals surface area contributed by atoms with Crippen molar-refractivity contribution in [3.05, 3.63) is 34.8 Å². The van der Waals surface area contributed by atoms with E-state index in [-0.39, 0.29) is 6.61 Å². The van der Waals surface area contributed by atoms with Crippen molar-refractivity contribution in [2.24, 2.45) is 0 Å². The van der Waals surface area contributed by atoms with Crippen LogP contribution in [-0.2, 0) is 12.8 Å². The number of pyridine rings is 1. The van der Waals surface area contributed by atoms with Gasteiger partial charge in [-0.1, -0.05) is 6.92 Å². The van der Waals surface area contributed by atoms with Crippen LogP contribution in [0.15, 0.2) is 18.3 Å². The summed E-state index contributed by atoms with van der Waals surface area (Å²) in [6, 6.07) is 3.68. The summed E-state index contributed by atoms with van der Waals surface area (Å²) in [4.78, 5) is 0. The second-order valence-electron chi connectivity index (χ2n) is 2.68. The molecule has 0 fully saturated rings. The van der Waals surface area contributed by atoms with Gasteiger partial charge < -0.3 is 10.3 Å². The molecule has 0 bridgehead atoms. The average Bonchev–Trinajstić information content (AvgIpc) is 2.09. The second kappa shape index (κ2) is 4.07. The van der Waals surface area contributed by atoms with E-state index in [4.69, 9.17) is 5.11 Å². The summed E-state index contributed by atoms with van der Waals surface area (Å²) in [6.45, 7) is 2.02. The molecule has 1 heterocycles. The number of aromatic nitrogens is 1. The van der Waals surface area contributed by atoms with Crippen molar-refractivity contribution in [2.75, 3.05) is 6.61 Å². The Morgan fingerprint density at radius 3 is 2.75 bits per heavy atom. The topological polar surface area (TPSA) is 47.2 Å². The molecule has 0 radical (unpaired) electrons. The summed E-state index contributed by atoms with van der Waals surface area (Å²) in [5.74, 6) is 0. The molecule has 3 nitrogen and oxygen atoms in total. The van der Waals surface area contributed by atoms with Crippen LogP contribution in [0.4, 0.5) is 0 Å². The number of aliphatic hydroxyl groups excluding tert-OH is 1. The molecule has 0 aliphatic carbocycles. The molecule has 0 aliphatic heterocycles. The maximum Gasteiger partial charge on any atom is 0.195 e. The number of rotatable bonds is 3. The van der Waals surface area contributed by atoms with E-state index in [0.29, 0.717) is 12.1 Å². The average molecular weight is 167 g/mol. The highest BCUT2D eigenvalue weighted by Gasteiger charge is 2.03. The number of nitrogens with zero attached hydrogens (tertiary/aromatic N) is 1. The Bertz CT molecular complexity index is 261. The van der Waals surface area contributed by atoms with E-state index in [1.54, 1.807) is 12.3 Å². The van der Waals surface area contributed by atoms with Crippen LogP contribution >= 0.6 is 0 Å². The van der Waals surface area contributed by atoms with Gasteiger partial charge in [0.25, 0.3) is 0 Å². The van der Waals surface area contributed by atoms with E-state index < -0.39 is 0 Å². The monoisotopic (exact) mass is 167 g/mol. The van der Waals surface area contributed by atoms with Crippen molar-refractivity contribution in [1.29, 1.82) is 0 Å². The number of hydrogen-bond donors (Lipinski definition) is 1. The highest BCUT2D eigenvalue weighted by Crippen LogP contribution is 1.99. The van der Waals surface area contributed by atoms with Gasteiger partial charge in [-0.2, -0.15) is 4.73 Å². The predicted octanol–water partition coefficient (Wildman–Crippen LogP) is 0.417. The van der Waals surface area contributed by atoms with Gasteiger partial charge in [-0.25, -0.2) is 0 Å². The van der Waals surface area contributed by atoms with Crippen molar-refractivity contribution in [3.63, 3.8) is 0 Å². The molecular formula is C9H13NO2. The summed E-state index contributed by atoms with van der Waals surface area (Å²) in [7, 11) is 0. The highest BCUT2D eigenvalue weighted by atomic mass is 16.5. The molecule has 0 aliphatic rings. The molecule has 1 rings (SSSR count). The van der Waals surface area contributed by atoms with Gasteiger partial charge in [-0.05, 0) is 12.5 Å². The summed E-state index contributed by atoms with van der Waals surface area (Å²) in [5, 5.41) is 19.8. The number of aliphatic hydroxyl groups is 1. The van der Waals surface area contributed by atoms with Crippen molar-refractivity contribution in [1.82, 2.24) is 0 Å². The smallest absolute Gasteiger partial charge is 0.195 e. The molecule has 12 heavy (non-hydrogen) atoms. The predicted molar refractivity (Wildman–Crippen MR) is 45.6 cm³/mol. The first-order chi connectivity index (χ1) is 5.77. The van der Waals surface area contributed by atoms with Crippen LogP contribution in [0.5, 0.6) is 0 Å². The first-order valence-electron chi connectivity index (χ1n) is 4.09. The Morgan fingerprint density at radius 2 is 2.25 bits per heavy atom. The maximum absolute atomic E-state index is 11.2. The maximum atomic E-state index is 11.2. The zero-order chi connectivity index (χ0) is 8.97. The third-order valence-corrected chi connectivity index (χ3v) is 1.83. The van der Waals surface area contributed by atoms with E-state index >= 15 is 0 Å². The molecule has 1 aromatic heterocycles. The Kier molecular flexibility index (Phi) is 3.05. The van der Waals surface area contributed by atoms with E-state index in [1.165, 1.54) is 0 Å². The van der Waals surface area contributed by atoms with Crippen LogP contribution < -0.4 is 4.73 Å². The lowest BCUT2D eigenvalue weighted by Gasteiger charge is -2.03. The number of hydrogen-bond acceptors (Lipinski definition) is 2. The van der Waals surface area contributed by atoms with Gasteiger partial charge in [-0.3, -0.25) is 0 Å². The minimum Gasteiger partial charge on any atom is -0.618 e. The van der Waals surface area contributed by atoms with Gasteiger partial charge in [0.05, 0.1) is 13.0 Å². The first kappa shape index (κ1) is 9.00. The van der Waals surface area contributed by atoms with Crippen molar-refractivity contribution in [2.45, 2.75) is 19.8 Å². The Balaban J connectivity index is 2.87. The second-order valence-corrected chi connectivity index (χ2v) is 2.68. The molecule has 1 aromatic rings. The third kappa shape index (κ3) is 1.95. The summed E-state index contributed by atoms with van der Waals surface area (Å²) in [6.07, 6.45) is 2.85. The molecule has 0 saturated heterocycles. The van der Waals surface area contributed by atoms with Gasteiger partial charge in [0.2, 0.25) is 0 Å². The fourth-order valence-electron chi connectivity index (χ4n) is 1.07. The fourth-order valence-corrected chi connectivity index (χ4v) is 1.07. The third-order valence-electron chi connectivity index (χ3n) is 1.83. The van der Waals surface area contributed by atoms with E-state index in [9.17, 15) is 5.21 Å². The van der Waals surface area contributed by atoms with Gasteiger partial charge in [0.15, 0.2) is 11.9 Å². The minimum atomic E-state index is 0.0215. The van der Waals surface area contributed by atoms with Crippen LogP contribution in [0.3, 0.4) is 0 Å². The lowest BCUT2D eigenvalue weighted by Crippen LogP contribution is -2.32. The fraction of sp³-hybridized carbons (Fsp3) is 0.444. The Morgan fingerprint density at radius 1 is 1.50 bits per heavy atom. The van der Waals surface area contributed by atoms with Gasteiger partial charge in [0, 0.05) is 11.6 Å². The Labute approximate surface area is 71.9 Å². The van der Waals surface area contributed by atoms with Crippen LogP contribution in [0.1, 0.15) is 18.2 Å². The zero-order valence-electron chi connectivity index (χ0n) is 7.16. The highest BCUT2D eigenvalue weighted by molar-refractivity contribution is 5.09. The molecule has 3 heteroatoms. The summed E-state index contributed by atoms with van der Waals surface area (Å²) >= 11 is 0. The SMILES string of the molecule is CCc1ccc(CCO)[n+]([O-])c1. The molecule has 0 amide bonds. The molecule has 0 unspecified atom stereocenters. The molecule has 0 aromatic carbocycles. The van der Waals surface area contributed by atoms with Gasteiger partial charge in [-0.15, -0.1) is 0 Å². The van der Waals surface area contributed by atoms with Crippen LogP contribution in [0, 0.1) is 5.21 Å². The van der Waals surface area contributed by atoms with Gasteiger partial charge in [0.1, 0.15) is 0 Å². The van der Waals surface area contributed by atoms with Crippen molar-refractivity contribution >= 4 is 0 Å². The molecule has 66 valence electrons. The lowest BCUT2D eigenvalue weighted by molar-refractivity contribution is -0.614. The van der Waals surface area contributed by atoms with Crippen molar-refractivity contribution < 1.29 is 9.84 Å². The zero-order valence-corrected chi connectivity index (χ0v) is 7.16. The van der Waals surface area contributed by atoms with E-state index in [0.717, 1.165) is 16.7 Å². The number of aryl methyl sites for hydroxylation is 1. The van der Waals surface area contributed by atoms with Gasteiger partial charge >= 0.3 is 0 Å². The summed E-state index contributed by atoms with van der Waals surface area (Å²) < 4.78 is 0.828. The van der Waals surface area contributed by atoms with Crippen LogP contribution in [0.2, 0.25) is 0 Å². The largest absolute Gasteiger partial charge is 0.618 e. The first-order valence-corrected chi connectivity index (χ1v) is 4.09. The molecule has 0 saturated carbocycles.